The smallest absolute Gasteiger partial charge is 0.338 e. The van der Waals surface area contributed by atoms with Gasteiger partial charge in [0.15, 0.2) is 0 Å². The fourth-order valence-electron chi connectivity index (χ4n) is 1.57. The number of esters is 1. The Hall–Kier alpha value is -2.77. The number of carbonyl (C=O) groups is 2. The summed E-state index contributed by atoms with van der Waals surface area (Å²) in [5.41, 5.74) is 1.01. The summed E-state index contributed by atoms with van der Waals surface area (Å²) in [4.78, 5) is 23.4. The molecule has 2 aromatic rings. The van der Waals surface area contributed by atoms with Crippen LogP contribution in [0.15, 0.2) is 30.6 Å². The van der Waals surface area contributed by atoms with Crippen LogP contribution in [0.3, 0.4) is 0 Å². The van der Waals surface area contributed by atoms with Crippen LogP contribution in [0.1, 0.15) is 24.2 Å². The monoisotopic (exact) mass is 289 g/mol. The summed E-state index contributed by atoms with van der Waals surface area (Å²) in [6.45, 7) is 3.58. The molecular weight excluding hydrogens is 274 g/mol. The van der Waals surface area contributed by atoms with Gasteiger partial charge in [0.2, 0.25) is 5.91 Å². The van der Waals surface area contributed by atoms with Gasteiger partial charge in [-0.1, -0.05) is 0 Å². The molecule has 0 fully saturated rings. The zero-order chi connectivity index (χ0) is 15.2. The summed E-state index contributed by atoms with van der Waals surface area (Å²) in [7, 11) is 0. The Bertz CT molecular complexity index is 607. The van der Waals surface area contributed by atoms with Crippen LogP contribution in [-0.2, 0) is 16.1 Å². The predicted octanol–water partition coefficient (Wildman–Crippen LogP) is 0.877. The molecule has 2 rings (SSSR count). The number of hydrogen-bond donors (Lipinski definition) is 1. The average molecular weight is 289 g/mol. The van der Waals surface area contributed by atoms with E-state index in [1.807, 2.05) is 0 Å². The zero-order valence-electron chi connectivity index (χ0n) is 11.7. The van der Waals surface area contributed by atoms with Crippen LogP contribution in [0.2, 0.25) is 0 Å². The number of rotatable bonds is 5. The Morgan fingerprint density at radius 3 is 2.57 bits per heavy atom. The van der Waals surface area contributed by atoms with E-state index in [-0.39, 0.29) is 18.6 Å². The van der Waals surface area contributed by atoms with Gasteiger partial charge in [0.05, 0.1) is 11.7 Å². The van der Waals surface area contributed by atoms with E-state index in [4.69, 9.17) is 4.74 Å². The van der Waals surface area contributed by atoms with Crippen LogP contribution in [0, 0.1) is 0 Å². The molecule has 0 saturated carbocycles. The van der Waals surface area contributed by atoms with Crippen LogP contribution in [-0.4, -0.2) is 38.2 Å². The summed E-state index contributed by atoms with van der Waals surface area (Å²) < 4.78 is 6.38. The van der Waals surface area contributed by atoms with E-state index < -0.39 is 5.97 Å². The Labute approximate surface area is 121 Å². The van der Waals surface area contributed by atoms with Crippen LogP contribution < -0.4 is 5.32 Å². The summed E-state index contributed by atoms with van der Waals surface area (Å²) >= 11 is 0. The highest BCUT2D eigenvalue weighted by molar-refractivity contribution is 5.92. The van der Waals surface area contributed by atoms with E-state index in [1.54, 1.807) is 38.1 Å². The van der Waals surface area contributed by atoms with Gasteiger partial charge in [-0.3, -0.25) is 4.79 Å². The molecule has 0 aliphatic carbocycles. The molecule has 0 spiro atoms. The predicted molar refractivity (Wildman–Crippen MR) is 73.4 cm³/mol. The third kappa shape index (κ3) is 4.37. The molecule has 1 aromatic carbocycles. The standard InChI is InChI=1S/C13H15N5O3/c1-9(2)21-13(20)10-3-5-11(6-4-10)15-12(19)7-18-8-14-16-17-18/h3-6,8-9H,7H2,1-2H3,(H,15,19). The van der Waals surface area contributed by atoms with Crippen LogP contribution in [0.4, 0.5) is 5.69 Å². The maximum absolute atomic E-state index is 11.7. The molecule has 0 aliphatic rings. The number of ether oxygens (including phenoxy) is 1. The molecule has 110 valence electrons. The number of aromatic nitrogens is 4. The first-order chi connectivity index (χ1) is 10.0. The number of anilines is 1. The minimum Gasteiger partial charge on any atom is -0.459 e. The van der Waals surface area contributed by atoms with Crippen molar-refractivity contribution in [3.63, 3.8) is 0 Å². The highest BCUT2D eigenvalue weighted by Gasteiger charge is 2.09. The second kappa shape index (κ2) is 6.60. The summed E-state index contributed by atoms with van der Waals surface area (Å²) in [5.74, 6) is -0.656. The van der Waals surface area contributed by atoms with E-state index in [2.05, 4.69) is 20.8 Å². The van der Waals surface area contributed by atoms with Crippen molar-refractivity contribution in [1.29, 1.82) is 0 Å². The van der Waals surface area contributed by atoms with Crippen molar-refractivity contribution in [2.75, 3.05) is 5.32 Å². The van der Waals surface area contributed by atoms with Gasteiger partial charge in [0.25, 0.3) is 0 Å². The fraction of sp³-hybridized carbons (Fsp3) is 0.308. The molecule has 0 atom stereocenters. The first-order valence-electron chi connectivity index (χ1n) is 6.36. The lowest BCUT2D eigenvalue weighted by Crippen LogP contribution is -2.19. The molecule has 0 radical (unpaired) electrons. The lowest BCUT2D eigenvalue weighted by atomic mass is 10.2. The SMILES string of the molecule is CC(C)OC(=O)c1ccc(NC(=O)Cn2cnnn2)cc1. The molecular formula is C13H15N5O3. The van der Waals surface area contributed by atoms with Crippen molar-refractivity contribution in [3.05, 3.63) is 36.2 Å². The number of nitrogens with zero attached hydrogens (tertiary/aromatic N) is 4. The van der Waals surface area contributed by atoms with E-state index in [1.165, 1.54) is 11.0 Å². The zero-order valence-corrected chi connectivity index (χ0v) is 11.7. The average Bonchev–Trinajstić information content (AvgIpc) is 2.91. The van der Waals surface area contributed by atoms with Crippen LogP contribution >= 0.6 is 0 Å². The molecule has 8 heteroatoms. The highest BCUT2D eigenvalue weighted by Crippen LogP contribution is 2.11. The first-order valence-corrected chi connectivity index (χ1v) is 6.36. The summed E-state index contributed by atoms with van der Waals surface area (Å²) in [6.07, 6.45) is 1.18. The summed E-state index contributed by atoms with van der Waals surface area (Å²) in [5, 5.41) is 13.2. The van der Waals surface area contributed by atoms with E-state index in [0.717, 1.165) is 0 Å². The first kappa shape index (κ1) is 14.6. The van der Waals surface area contributed by atoms with Gasteiger partial charge < -0.3 is 10.1 Å². The highest BCUT2D eigenvalue weighted by atomic mass is 16.5. The Balaban J connectivity index is 1.93. The third-order valence-corrected chi connectivity index (χ3v) is 2.44. The van der Waals surface area contributed by atoms with E-state index >= 15 is 0 Å². The molecule has 21 heavy (non-hydrogen) atoms. The number of hydrogen-bond acceptors (Lipinski definition) is 6. The van der Waals surface area contributed by atoms with Gasteiger partial charge >= 0.3 is 5.97 Å². The molecule has 0 saturated heterocycles. The Morgan fingerprint density at radius 1 is 1.29 bits per heavy atom. The molecule has 1 aromatic heterocycles. The third-order valence-electron chi connectivity index (χ3n) is 2.44. The van der Waals surface area contributed by atoms with Gasteiger partial charge in [-0.05, 0) is 48.5 Å². The van der Waals surface area contributed by atoms with Crippen molar-refractivity contribution in [2.24, 2.45) is 0 Å². The van der Waals surface area contributed by atoms with Crippen LogP contribution in [0.25, 0.3) is 0 Å². The molecule has 0 bridgehead atoms. The Morgan fingerprint density at radius 2 is 2.00 bits per heavy atom. The fourth-order valence-corrected chi connectivity index (χ4v) is 1.57. The van der Waals surface area contributed by atoms with Crippen LogP contribution in [0.5, 0.6) is 0 Å². The lowest BCUT2D eigenvalue weighted by molar-refractivity contribution is -0.116. The van der Waals surface area contributed by atoms with Crippen molar-refractivity contribution in [1.82, 2.24) is 20.2 Å². The molecule has 0 aliphatic heterocycles. The molecule has 1 heterocycles. The topological polar surface area (TPSA) is 99.0 Å². The number of benzene rings is 1. The maximum atomic E-state index is 11.7. The molecule has 8 nitrogen and oxygen atoms in total. The quantitative estimate of drug-likeness (QED) is 0.820. The number of nitrogens with one attached hydrogen (secondary N) is 1. The van der Waals surface area contributed by atoms with E-state index in [0.29, 0.717) is 11.3 Å². The largest absolute Gasteiger partial charge is 0.459 e. The number of amides is 1. The van der Waals surface area contributed by atoms with Crippen molar-refractivity contribution in [2.45, 2.75) is 26.5 Å². The minimum atomic E-state index is -0.392. The molecule has 0 unspecified atom stereocenters. The van der Waals surface area contributed by atoms with E-state index in [9.17, 15) is 9.59 Å². The van der Waals surface area contributed by atoms with Crippen molar-refractivity contribution < 1.29 is 14.3 Å². The normalized spacial score (nSPS) is 10.4. The Kier molecular flexibility index (Phi) is 4.60. The van der Waals surface area contributed by atoms with Gasteiger partial charge in [-0.25, -0.2) is 9.48 Å². The number of tetrazole rings is 1. The lowest BCUT2D eigenvalue weighted by Gasteiger charge is -2.09. The number of carbonyl (C=O) groups excluding carboxylic acids is 2. The minimum absolute atomic E-state index is 0.0180. The van der Waals surface area contributed by atoms with Gasteiger partial charge in [-0.2, -0.15) is 0 Å². The van der Waals surface area contributed by atoms with Crippen molar-refractivity contribution >= 4 is 17.6 Å². The summed E-state index contributed by atoms with van der Waals surface area (Å²) in [6, 6.07) is 6.46. The van der Waals surface area contributed by atoms with Gasteiger partial charge in [0.1, 0.15) is 12.9 Å². The molecule has 1 amide bonds. The van der Waals surface area contributed by atoms with Crippen molar-refractivity contribution in [3.8, 4) is 0 Å². The maximum Gasteiger partial charge on any atom is 0.338 e. The molecule has 1 N–H and O–H groups in total. The second-order valence-electron chi connectivity index (χ2n) is 4.59. The van der Waals surface area contributed by atoms with Gasteiger partial charge in [0, 0.05) is 5.69 Å². The second-order valence-corrected chi connectivity index (χ2v) is 4.59. The van der Waals surface area contributed by atoms with Gasteiger partial charge in [-0.15, -0.1) is 5.10 Å².